The van der Waals surface area contributed by atoms with Gasteiger partial charge in [-0.3, -0.25) is 4.98 Å². The molecule has 1 aromatic carbocycles. The van der Waals surface area contributed by atoms with Gasteiger partial charge in [-0.1, -0.05) is 23.7 Å². The molecule has 4 heterocycles. The van der Waals surface area contributed by atoms with Gasteiger partial charge in [0.25, 0.3) is 0 Å². The fraction of sp³-hybridized carbons (Fsp3) is 0.250. The second-order valence-corrected chi connectivity index (χ2v) is 9.01. The molecular weight excluding hydrogens is 449 g/mol. The quantitative estimate of drug-likeness (QED) is 0.435. The number of urea groups is 1. The molecule has 2 N–H and O–H groups in total. The monoisotopic (exact) mass is 473 g/mol. The van der Waals surface area contributed by atoms with Crippen molar-refractivity contribution in [1.82, 2.24) is 24.5 Å². The second-order valence-electron chi connectivity index (χ2n) is 8.57. The topological polar surface area (TPSA) is 87.5 Å². The fourth-order valence-corrected chi connectivity index (χ4v) is 4.48. The number of hydrogen-bond acceptors (Lipinski definition) is 5. The number of nitrogens with one attached hydrogen (secondary N) is 2. The molecule has 0 spiro atoms. The Morgan fingerprint density at radius 2 is 2.12 bits per heavy atom. The number of amides is 2. The van der Waals surface area contributed by atoms with E-state index in [1.54, 1.807) is 18.3 Å². The maximum Gasteiger partial charge on any atom is 0.321 e. The van der Waals surface area contributed by atoms with Crippen LogP contribution in [0.1, 0.15) is 30.0 Å². The zero-order valence-electron chi connectivity index (χ0n) is 18.9. The number of benzene rings is 1. The van der Waals surface area contributed by atoms with Crippen molar-refractivity contribution in [3.63, 3.8) is 0 Å². The van der Waals surface area contributed by atoms with Crippen LogP contribution in [0.15, 0.2) is 61.1 Å². The van der Waals surface area contributed by atoms with Crippen LogP contribution in [0, 0.1) is 0 Å². The van der Waals surface area contributed by atoms with Gasteiger partial charge in [0, 0.05) is 60.9 Å². The van der Waals surface area contributed by atoms with Crippen molar-refractivity contribution >= 4 is 48.1 Å². The van der Waals surface area contributed by atoms with Crippen LogP contribution in [-0.2, 0) is 6.54 Å². The van der Waals surface area contributed by atoms with Crippen LogP contribution < -0.4 is 16.1 Å². The summed E-state index contributed by atoms with van der Waals surface area (Å²) < 4.78 is 1.83. The zero-order chi connectivity index (χ0) is 23.5. The average Bonchev–Trinajstić information content (AvgIpc) is 3.24. The number of halogens is 1. The third kappa shape index (κ3) is 4.84. The van der Waals surface area contributed by atoms with E-state index in [1.807, 2.05) is 53.9 Å². The minimum atomic E-state index is -0.122. The zero-order valence-corrected chi connectivity index (χ0v) is 19.7. The molecule has 0 saturated carbocycles. The molecule has 1 aliphatic rings. The predicted octanol–water partition coefficient (Wildman–Crippen LogP) is 3.06. The summed E-state index contributed by atoms with van der Waals surface area (Å²) in [6, 6.07) is 13.1. The van der Waals surface area contributed by atoms with Gasteiger partial charge in [-0.25, -0.2) is 9.78 Å². The number of fused-ring (bicyclic) bond motifs is 1. The van der Waals surface area contributed by atoms with Crippen molar-refractivity contribution in [1.29, 1.82) is 0 Å². The molecule has 34 heavy (non-hydrogen) atoms. The van der Waals surface area contributed by atoms with Crippen molar-refractivity contribution in [2.24, 2.45) is 0 Å². The van der Waals surface area contributed by atoms with Gasteiger partial charge in [-0.2, -0.15) is 9.61 Å². The number of likely N-dealkylation sites (tertiary alicyclic amines) is 1. The van der Waals surface area contributed by atoms with Crippen LogP contribution >= 0.6 is 11.6 Å². The summed E-state index contributed by atoms with van der Waals surface area (Å²) in [5.74, 6) is 1.01. The number of anilines is 2. The molecule has 4 aromatic rings. The van der Waals surface area contributed by atoms with E-state index in [2.05, 4.69) is 26.8 Å². The van der Waals surface area contributed by atoms with Gasteiger partial charge in [0.05, 0.1) is 5.69 Å². The number of carbonyl (C=O) groups excluding carboxylic acids is 1. The molecule has 2 amide bonds. The number of nitrogens with zero attached hydrogens (tertiary/aromatic N) is 5. The van der Waals surface area contributed by atoms with E-state index in [0.717, 1.165) is 41.0 Å². The molecule has 1 atom stereocenters. The Morgan fingerprint density at radius 1 is 1.21 bits per heavy atom. The third-order valence-corrected chi connectivity index (χ3v) is 6.30. The number of piperidine rings is 1. The fourth-order valence-electron chi connectivity index (χ4n) is 4.29. The van der Waals surface area contributed by atoms with Crippen molar-refractivity contribution in [3.8, 4) is 0 Å². The highest BCUT2D eigenvalue weighted by Gasteiger charge is 2.27. The van der Waals surface area contributed by atoms with Crippen molar-refractivity contribution in [3.05, 3.63) is 77.3 Å². The molecule has 0 aliphatic carbocycles. The number of hydrogen-bond donors (Lipinski definition) is 2. The Labute approximate surface area is 203 Å². The molecule has 3 aromatic heterocycles. The van der Waals surface area contributed by atoms with Crippen LogP contribution in [0.25, 0.3) is 5.65 Å². The van der Waals surface area contributed by atoms with Crippen LogP contribution in [0.4, 0.5) is 16.3 Å². The standard InChI is InChI=1S/C24H25BClN7O/c25-20-14-29-33-22(28-13-16-4-2-8-27-12-16)11-21(31-23(20)33)17-5-3-9-32(15-17)24(34)30-19-7-1-6-18(26)10-19/h1-2,4,6-8,10-12,14,17,28H,3,5,9,13,15,25H2,(H,30,34). The Kier molecular flexibility index (Phi) is 6.36. The Morgan fingerprint density at radius 3 is 2.94 bits per heavy atom. The molecule has 1 fully saturated rings. The van der Waals surface area contributed by atoms with Gasteiger partial charge < -0.3 is 15.5 Å². The first-order valence-electron chi connectivity index (χ1n) is 11.4. The Balaban J connectivity index is 1.36. The molecule has 8 nitrogen and oxygen atoms in total. The first-order chi connectivity index (χ1) is 16.6. The SMILES string of the molecule is Bc1cnn2c(NCc3cccnc3)cc(C3CCCN(C(=O)Nc4cccc(Cl)c4)C3)nc12. The number of rotatable bonds is 5. The molecule has 0 bridgehead atoms. The number of pyridine rings is 1. The molecule has 10 heteroatoms. The van der Waals surface area contributed by atoms with E-state index in [-0.39, 0.29) is 11.9 Å². The van der Waals surface area contributed by atoms with E-state index in [9.17, 15) is 4.79 Å². The van der Waals surface area contributed by atoms with E-state index >= 15 is 0 Å². The first kappa shape index (κ1) is 22.2. The van der Waals surface area contributed by atoms with Gasteiger partial charge in [0.2, 0.25) is 0 Å². The minimum Gasteiger partial charge on any atom is -0.366 e. The lowest BCUT2D eigenvalue weighted by atomic mass is 9.94. The maximum atomic E-state index is 12.9. The van der Waals surface area contributed by atoms with Crippen molar-refractivity contribution < 1.29 is 4.79 Å². The van der Waals surface area contributed by atoms with Gasteiger partial charge in [-0.05, 0) is 48.1 Å². The van der Waals surface area contributed by atoms with Gasteiger partial charge in [-0.15, -0.1) is 0 Å². The van der Waals surface area contributed by atoms with Crippen LogP contribution in [-0.4, -0.2) is 51.4 Å². The summed E-state index contributed by atoms with van der Waals surface area (Å²) in [5.41, 5.74) is 4.57. The van der Waals surface area contributed by atoms with Crippen molar-refractivity contribution in [2.45, 2.75) is 25.3 Å². The minimum absolute atomic E-state index is 0.122. The predicted molar refractivity (Wildman–Crippen MR) is 137 cm³/mol. The number of aromatic nitrogens is 4. The lowest BCUT2D eigenvalue weighted by Crippen LogP contribution is -2.41. The normalized spacial score (nSPS) is 15.9. The van der Waals surface area contributed by atoms with Gasteiger partial charge >= 0.3 is 6.03 Å². The summed E-state index contributed by atoms with van der Waals surface area (Å²) in [4.78, 5) is 23.9. The highest BCUT2D eigenvalue weighted by molar-refractivity contribution is 6.36. The first-order valence-corrected chi connectivity index (χ1v) is 11.7. The summed E-state index contributed by atoms with van der Waals surface area (Å²) in [5, 5.41) is 11.5. The van der Waals surface area contributed by atoms with E-state index in [1.165, 1.54) is 0 Å². The average molecular weight is 474 g/mol. The third-order valence-electron chi connectivity index (χ3n) is 6.07. The summed E-state index contributed by atoms with van der Waals surface area (Å²) in [6.45, 7) is 1.94. The molecule has 5 rings (SSSR count). The molecule has 1 aliphatic heterocycles. The Bertz CT molecular complexity index is 1310. The lowest BCUT2D eigenvalue weighted by Gasteiger charge is -2.32. The lowest BCUT2D eigenvalue weighted by molar-refractivity contribution is 0.192. The van der Waals surface area contributed by atoms with Crippen LogP contribution in [0.5, 0.6) is 0 Å². The highest BCUT2D eigenvalue weighted by atomic mass is 35.5. The summed E-state index contributed by atoms with van der Waals surface area (Å²) in [6.07, 6.45) is 7.32. The molecule has 1 unspecified atom stereocenters. The van der Waals surface area contributed by atoms with E-state index in [4.69, 9.17) is 16.6 Å². The number of carbonyl (C=O) groups is 1. The largest absolute Gasteiger partial charge is 0.366 e. The second kappa shape index (κ2) is 9.73. The maximum absolute atomic E-state index is 12.9. The Hall–Kier alpha value is -3.59. The summed E-state index contributed by atoms with van der Waals surface area (Å²) in [7, 11) is 2.01. The smallest absolute Gasteiger partial charge is 0.321 e. The van der Waals surface area contributed by atoms with Crippen molar-refractivity contribution in [2.75, 3.05) is 23.7 Å². The summed E-state index contributed by atoms with van der Waals surface area (Å²) >= 11 is 6.06. The van der Waals surface area contributed by atoms with Gasteiger partial charge in [0.1, 0.15) is 13.7 Å². The molecule has 0 radical (unpaired) electrons. The van der Waals surface area contributed by atoms with E-state index < -0.39 is 0 Å². The van der Waals surface area contributed by atoms with E-state index in [0.29, 0.717) is 30.3 Å². The van der Waals surface area contributed by atoms with Crippen LogP contribution in [0.2, 0.25) is 5.02 Å². The van der Waals surface area contributed by atoms with Crippen LogP contribution in [0.3, 0.4) is 0 Å². The molecule has 172 valence electrons. The molecular formula is C24H25BClN7O. The molecule has 1 saturated heterocycles. The highest BCUT2D eigenvalue weighted by Crippen LogP contribution is 2.28. The van der Waals surface area contributed by atoms with Gasteiger partial charge in [0.15, 0.2) is 5.65 Å².